The molecule has 0 bridgehead atoms. The molecule has 0 fully saturated rings. The number of thiazole rings is 1. The zero-order chi connectivity index (χ0) is 11.5. The molecule has 86 valence electrons. The fourth-order valence-electron chi connectivity index (χ4n) is 1.38. The van der Waals surface area contributed by atoms with Crippen LogP contribution in [0.1, 0.15) is 22.1 Å². The third-order valence-corrected chi connectivity index (χ3v) is 3.53. The van der Waals surface area contributed by atoms with Crippen molar-refractivity contribution >= 4 is 22.9 Å². The van der Waals surface area contributed by atoms with Gasteiger partial charge in [0.15, 0.2) is 0 Å². The van der Waals surface area contributed by atoms with E-state index >= 15 is 0 Å². The first-order valence-corrected chi connectivity index (χ1v) is 6.23. The van der Waals surface area contributed by atoms with Crippen molar-refractivity contribution in [2.45, 2.75) is 26.9 Å². The Morgan fingerprint density at radius 3 is 2.81 bits per heavy atom. The van der Waals surface area contributed by atoms with Crippen LogP contribution in [0.2, 0.25) is 5.02 Å². The molecule has 0 aromatic carbocycles. The van der Waals surface area contributed by atoms with Crippen molar-refractivity contribution in [3.63, 3.8) is 0 Å². The van der Waals surface area contributed by atoms with Crippen molar-refractivity contribution in [2.24, 2.45) is 0 Å². The lowest BCUT2D eigenvalue weighted by Gasteiger charge is -1.99. The second-order valence-electron chi connectivity index (χ2n) is 3.57. The van der Waals surface area contributed by atoms with Crippen molar-refractivity contribution < 1.29 is 0 Å². The van der Waals surface area contributed by atoms with Crippen LogP contribution < -0.4 is 5.32 Å². The second kappa shape index (κ2) is 4.95. The van der Waals surface area contributed by atoms with Crippen LogP contribution in [0.25, 0.3) is 0 Å². The molecule has 2 aromatic rings. The van der Waals surface area contributed by atoms with E-state index in [4.69, 9.17) is 11.6 Å². The maximum atomic E-state index is 6.05. The lowest BCUT2D eigenvalue weighted by atomic mass is 10.3. The molecule has 0 atom stereocenters. The summed E-state index contributed by atoms with van der Waals surface area (Å²) in [5.41, 5.74) is 2.82. The van der Waals surface area contributed by atoms with E-state index in [0.717, 1.165) is 28.6 Å². The lowest BCUT2D eigenvalue weighted by molar-refractivity contribution is 0.667. The molecule has 0 unspecified atom stereocenters. The molecular formula is C10H13ClN4S. The van der Waals surface area contributed by atoms with Crippen LogP contribution in [0.5, 0.6) is 0 Å². The molecule has 2 rings (SSSR count). The molecule has 0 aliphatic heterocycles. The molecule has 2 N–H and O–H groups in total. The van der Waals surface area contributed by atoms with Gasteiger partial charge in [0.1, 0.15) is 0 Å². The molecular weight excluding hydrogens is 244 g/mol. The number of aromatic nitrogens is 3. The van der Waals surface area contributed by atoms with Crippen LogP contribution in [0.15, 0.2) is 5.38 Å². The van der Waals surface area contributed by atoms with E-state index in [9.17, 15) is 0 Å². The third-order valence-electron chi connectivity index (χ3n) is 2.21. The highest BCUT2D eigenvalue weighted by Gasteiger charge is 2.07. The number of aryl methyl sites for hydroxylation is 2. The topological polar surface area (TPSA) is 53.6 Å². The zero-order valence-corrected chi connectivity index (χ0v) is 10.7. The highest BCUT2D eigenvalue weighted by atomic mass is 35.5. The first-order valence-electron chi connectivity index (χ1n) is 4.98. The molecule has 0 aliphatic carbocycles. The summed E-state index contributed by atoms with van der Waals surface area (Å²) >= 11 is 7.71. The monoisotopic (exact) mass is 256 g/mol. The Balaban J connectivity index is 1.86. The Bertz CT molecular complexity index is 477. The summed E-state index contributed by atoms with van der Waals surface area (Å²) in [6.45, 7) is 5.30. The zero-order valence-electron chi connectivity index (χ0n) is 9.17. The van der Waals surface area contributed by atoms with E-state index in [0.29, 0.717) is 11.6 Å². The van der Waals surface area contributed by atoms with Gasteiger partial charge in [-0.05, 0) is 13.8 Å². The van der Waals surface area contributed by atoms with Crippen LogP contribution in [0.3, 0.4) is 0 Å². The summed E-state index contributed by atoms with van der Waals surface area (Å²) in [4.78, 5) is 4.36. The minimum Gasteiger partial charge on any atom is -0.305 e. The Kier molecular flexibility index (Phi) is 3.58. The van der Waals surface area contributed by atoms with E-state index in [1.807, 2.05) is 13.8 Å². The van der Waals surface area contributed by atoms with Crippen molar-refractivity contribution in [3.8, 4) is 0 Å². The first-order chi connectivity index (χ1) is 7.66. The van der Waals surface area contributed by atoms with E-state index < -0.39 is 0 Å². The predicted octanol–water partition coefficient (Wildman–Crippen LogP) is 2.43. The molecule has 2 heterocycles. The van der Waals surface area contributed by atoms with E-state index in [2.05, 4.69) is 25.9 Å². The van der Waals surface area contributed by atoms with Gasteiger partial charge in [0.2, 0.25) is 0 Å². The van der Waals surface area contributed by atoms with E-state index in [1.165, 1.54) is 0 Å². The molecule has 16 heavy (non-hydrogen) atoms. The normalized spacial score (nSPS) is 10.9. The molecule has 0 saturated carbocycles. The van der Waals surface area contributed by atoms with Crippen LogP contribution >= 0.6 is 22.9 Å². The van der Waals surface area contributed by atoms with E-state index in [-0.39, 0.29) is 0 Å². The van der Waals surface area contributed by atoms with Crippen molar-refractivity contribution in [1.82, 2.24) is 20.5 Å². The Hall–Kier alpha value is -0.910. The van der Waals surface area contributed by atoms with Crippen LogP contribution in [-0.2, 0) is 13.1 Å². The predicted molar refractivity (Wildman–Crippen MR) is 65.7 cm³/mol. The van der Waals surface area contributed by atoms with Gasteiger partial charge in [-0.2, -0.15) is 5.10 Å². The average Bonchev–Trinajstić information content (AvgIpc) is 2.79. The Morgan fingerprint density at radius 2 is 2.25 bits per heavy atom. The molecule has 4 nitrogen and oxygen atoms in total. The van der Waals surface area contributed by atoms with Crippen LogP contribution in [0.4, 0.5) is 0 Å². The summed E-state index contributed by atoms with van der Waals surface area (Å²) in [6, 6.07) is 0. The minimum atomic E-state index is 0.653. The van der Waals surface area contributed by atoms with Gasteiger partial charge in [-0.1, -0.05) is 11.6 Å². The standard InChI is InChI=1S/C10H13ClN4S/c1-6-10(11)9(15-14-6)4-12-3-8-5-16-7(2)13-8/h5,12H,3-4H2,1-2H3,(H,14,15). The summed E-state index contributed by atoms with van der Waals surface area (Å²) in [5, 5.41) is 14.1. The van der Waals surface area contributed by atoms with Crippen molar-refractivity contribution in [2.75, 3.05) is 0 Å². The molecule has 6 heteroatoms. The number of H-pyrrole nitrogens is 1. The van der Waals surface area contributed by atoms with Gasteiger partial charge in [-0.25, -0.2) is 4.98 Å². The number of halogens is 1. The number of nitrogens with one attached hydrogen (secondary N) is 2. The SMILES string of the molecule is Cc1nc(CNCc2n[nH]c(C)c2Cl)cs1. The molecule has 2 aromatic heterocycles. The molecule has 0 aliphatic rings. The minimum absolute atomic E-state index is 0.653. The summed E-state index contributed by atoms with van der Waals surface area (Å²) < 4.78 is 0. The third kappa shape index (κ3) is 2.61. The number of hydrogen-bond acceptors (Lipinski definition) is 4. The van der Waals surface area contributed by atoms with Gasteiger partial charge in [0, 0.05) is 18.5 Å². The maximum Gasteiger partial charge on any atom is 0.0948 e. The van der Waals surface area contributed by atoms with Gasteiger partial charge >= 0.3 is 0 Å². The highest BCUT2D eigenvalue weighted by Crippen LogP contribution is 2.16. The number of nitrogens with zero attached hydrogens (tertiary/aromatic N) is 2. The number of rotatable bonds is 4. The van der Waals surface area contributed by atoms with Crippen molar-refractivity contribution in [3.05, 3.63) is 32.5 Å². The molecule has 0 saturated heterocycles. The second-order valence-corrected chi connectivity index (χ2v) is 5.01. The smallest absolute Gasteiger partial charge is 0.0948 e. The Morgan fingerprint density at radius 1 is 1.44 bits per heavy atom. The lowest BCUT2D eigenvalue weighted by Crippen LogP contribution is -2.13. The maximum absolute atomic E-state index is 6.05. The summed E-state index contributed by atoms with van der Waals surface area (Å²) in [7, 11) is 0. The van der Waals surface area contributed by atoms with Crippen LogP contribution in [0, 0.1) is 13.8 Å². The first kappa shape index (κ1) is 11.6. The fourth-order valence-corrected chi connectivity index (χ4v) is 2.15. The average molecular weight is 257 g/mol. The summed E-state index contributed by atoms with van der Waals surface area (Å²) in [6.07, 6.45) is 0. The molecule has 0 spiro atoms. The van der Waals surface area contributed by atoms with Gasteiger partial charge in [-0.15, -0.1) is 11.3 Å². The van der Waals surface area contributed by atoms with Gasteiger partial charge < -0.3 is 5.32 Å². The van der Waals surface area contributed by atoms with Crippen LogP contribution in [-0.4, -0.2) is 15.2 Å². The molecule has 0 amide bonds. The summed E-state index contributed by atoms with van der Waals surface area (Å²) in [5.74, 6) is 0. The largest absolute Gasteiger partial charge is 0.305 e. The van der Waals surface area contributed by atoms with E-state index in [1.54, 1.807) is 11.3 Å². The quantitative estimate of drug-likeness (QED) is 0.883. The number of hydrogen-bond donors (Lipinski definition) is 2. The fraction of sp³-hybridized carbons (Fsp3) is 0.400. The Labute approximate surface area is 103 Å². The van der Waals surface area contributed by atoms with Crippen molar-refractivity contribution in [1.29, 1.82) is 0 Å². The highest BCUT2D eigenvalue weighted by molar-refractivity contribution is 7.09. The van der Waals surface area contributed by atoms with Gasteiger partial charge in [-0.3, -0.25) is 5.10 Å². The number of aromatic amines is 1. The van der Waals surface area contributed by atoms with Gasteiger partial charge in [0.05, 0.1) is 27.1 Å². The molecule has 0 radical (unpaired) electrons. The van der Waals surface area contributed by atoms with Gasteiger partial charge in [0.25, 0.3) is 0 Å².